The van der Waals surface area contributed by atoms with Crippen LogP contribution in [0, 0.1) is 0 Å². The number of carbonyl (C=O) groups is 2. The normalized spacial score (nSPS) is 13.1. The van der Waals surface area contributed by atoms with E-state index in [1.807, 2.05) is 31.2 Å². The molecule has 6 heteroatoms. The van der Waals surface area contributed by atoms with Crippen LogP contribution in [0.4, 0.5) is 5.69 Å². The average molecular weight is 498 g/mol. The van der Waals surface area contributed by atoms with Crippen molar-refractivity contribution in [1.29, 1.82) is 0 Å². The Hall–Kier alpha value is -2.86. The Bertz CT molecular complexity index is 1020. The number of rotatable bonds is 12. The number of unbranched alkanes of at least 4 members (excludes halogenated alkanes) is 2. The van der Waals surface area contributed by atoms with Crippen molar-refractivity contribution in [1.82, 2.24) is 0 Å². The molecule has 2 aromatic rings. The van der Waals surface area contributed by atoms with Crippen LogP contribution in [0.2, 0.25) is 0 Å². The first-order chi connectivity index (χ1) is 17.0. The topological polar surface area (TPSA) is 84.9 Å². The van der Waals surface area contributed by atoms with Crippen molar-refractivity contribution in [2.75, 3.05) is 19.5 Å². The molecule has 198 valence electrons. The van der Waals surface area contributed by atoms with Gasteiger partial charge in [0.2, 0.25) is 5.91 Å². The lowest BCUT2D eigenvalue weighted by Crippen LogP contribution is -2.21. The molecule has 2 N–H and O–H groups in total. The number of benzene rings is 2. The van der Waals surface area contributed by atoms with E-state index in [0.29, 0.717) is 23.4 Å². The second-order valence-electron chi connectivity index (χ2n) is 10.4. The van der Waals surface area contributed by atoms with Gasteiger partial charge in [0.15, 0.2) is 0 Å². The van der Waals surface area contributed by atoms with Gasteiger partial charge in [-0.3, -0.25) is 4.79 Å². The van der Waals surface area contributed by atoms with Crippen LogP contribution in [0.3, 0.4) is 0 Å². The highest BCUT2D eigenvalue weighted by Crippen LogP contribution is 2.36. The van der Waals surface area contributed by atoms with Gasteiger partial charge in [-0.05, 0) is 59.1 Å². The van der Waals surface area contributed by atoms with Crippen LogP contribution in [0.15, 0.2) is 36.4 Å². The van der Waals surface area contributed by atoms with Gasteiger partial charge in [0.25, 0.3) is 0 Å². The maximum Gasteiger partial charge on any atom is 0.337 e. The molecule has 2 unspecified atom stereocenters. The van der Waals surface area contributed by atoms with E-state index in [0.717, 1.165) is 42.4 Å². The predicted octanol–water partition coefficient (Wildman–Crippen LogP) is 6.92. The van der Waals surface area contributed by atoms with Gasteiger partial charge in [-0.15, -0.1) is 0 Å². The first-order valence-electron chi connectivity index (χ1n) is 12.9. The van der Waals surface area contributed by atoms with Gasteiger partial charge in [0.1, 0.15) is 5.75 Å². The lowest BCUT2D eigenvalue weighted by atomic mass is 9.84. The number of carbonyl (C=O) groups excluding carboxylic acids is 2. The number of nitrogens with one attached hydrogen (secondary N) is 1. The van der Waals surface area contributed by atoms with E-state index < -0.39 is 12.1 Å². The highest BCUT2D eigenvalue weighted by Gasteiger charge is 2.24. The zero-order valence-corrected chi connectivity index (χ0v) is 22.9. The van der Waals surface area contributed by atoms with Gasteiger partial charge < -0.3 is 19.9 Å². The molecule has 2 rings (SSSR count). The van der Waals surface area contributed by atoms with Gasteiger partial charge in [-0.2, -0.15) is 0 Å². The summed E-state index contributed by atoms with van der Waals surface area (Å²) in [6.45, 7) is 10.3. The molecule has 0 aliphatic heterocycles. The summed E-state index contributed by atoms with van der Waals surface area (Å²) in [6.07, 6.45) is 4.37. The molecule has 0 aliphatic rings. The van der Waals surface area contributed by atoms with Gasteiger partial charge in [0.05, 0.1) is 25.9 Å². The first kappa shape index (κ1) is 29.4. The van der Waals surface area contributed by atoms with Crippen LogP contribution in [-0.4, -0.2) is 31.2 Å². The number of ether oxygens (including phenoxy) is 2. The number of hydrogen-bond acceptors (Lipinski definition) is 5. The van der Waals surface area contributed by atoms with Crippen LogP contribution >= 0.6 is 0 Å². The number of methoxy groups -OCH3 is 2. The summed E-state index contributed by atoms with van der Waals surface area (Å²) in [7, 11) is 2.97. The fourth-order valence-electron chi connectivity index (χ4n) is 4.49. The summed E-state index contributed by atoms with van der Waals surface area (Å²) in [4.78, 5) is 25.5. The number of amides is 1. The molecular weight excluding hydrogens is 454 g/mol. The van der Waals surface area contributed by atoms with Gasteiger partial charge in [-0.25, -0.2) is 4.79 Å². The maximum atomic E-state index is 13.4. The minimum Gasteiger partial charge on any atom is -0.496 e. The summed E-state index contributed by atoms with van der Waals surface area (Å²) in [5, 5.41) is 13.4. The van der Waals surface area contributed by atoms with E-state index in [1.54, 1.807) is 19.2 Å². The maximum absolute atomic E-state index is 13.4. The minimum absolute atomic E-state index is 0.0406. The Morgan fingerprint density at radius 3 is 2.33 bits per heavy atom. The number of anilines is 1. The van der Waals surface area contributed by atoms with Crippen molar-refractivity contribution in [3.63, 3.8) is 0 Å². The summed E-state index contributed by atoms with van der Waals surface area (Å²) in [6, 6.07) is 11.1. The third kappa shape index (κ3) is 7.82. The second-order valence-corrected chi connectivity index (χ2v) is 10.4. The van der Waals surface area contributed by atoms with Crippen molar-refractivity contribution in [2.45, 2.75) is 90.6 Å². The molecule has 0 spiro atoms. The van der Waals surface area contributed by atoms with Crippen molar-refractivity contribution < 1.29 is 24.2 Å². The molecular formula is C30H43NO5. The second kappa shape index (κ2) is 13.4. The average Bonchev–Trinajstić information content (AvgIpc) is 2.86. The zero-order chi connectivity index (χ0) is 26.9. The van der Waals surface area contributed by atoms with Gasteiger partial charge >= 0.3 is 5.97 Å². The standard InChI is InChI=1S/C30H43NO5/c1-8-10-11-12-20(23-15-13-21(26(32)9-2)18-27(23)35-6)19-28(33)31-25-17-22(29(34)36-7)14-16-24(25)30(3,4)5/h13-18,20,26,32H,8-12,19H2,1-7H3,(H,31,33). The summed E-state index contributed by atoms with van der Waals surface area (Å²) in [5.41, 5.74) is 3.51. The van der Waals surface area contributed by atoms with Crippen molar-refractivity contribution in [3.05, 3.63) is 58.7 Å². The fraction of sp³-hybridized carbons (Fsp3) is 0.533. The lowest BCUT2D eigenvalue weighted by molar-refractivity contribution is -0.116. The van der Waals surface area contributed by atoms with E-state index in [-0.39, 0.29) is 23.7 Å². The number of hydrogen-bond donors (Lipinski definition) is 2. The first-order valence-corrected chi connectivity index (χ1v) is 12.9. The number of aliphatic hydroxyl groups excluding tert-OH is 1. The van der Waals surface area contributed by atoms with E-state index >= 15 is 0 Å². The van der Waals surface area contributed by atoms with Crippen molar-refractivity contribution >= 4 is 17.6 Å². The Kier molecular flexibility index (Phi) is 11.0. The highest BCUT2D eigenvalue weighted by atomic mass is 16.5. The molecule has 0 aliphatic carbocycles. The molecule has 36 heavy (non-hydrogen) atoms. The van der Waals surface area contributed by atoms with E-state index in [1.165, 1.54) is 7.11 Å². The molecule has 6 nitrogen and oxygen atoms in total. The summed E-state index contributed by atoms with van der Waals surface area (Å²) < 4.78 is 10.6. The van der Waals surface area contributed by atoms with E-state index in [4.69, 9.17) is 9.47 Å². The van der Waals surface area contributed by atoms with Crippen molar-refractivity contribution in [2.24, 2.45) is 0 Å². The molecule has 0 radical (unpaired) electrons. The van der Waals surface area contributed by atoms with Gasteiger partial charge in [0, 0.05) is 12.1 Å². The fourth-order valence-corrected chi connectivity index (χ4v) is 4.49. The smallest absolute Gasteiger partial charge is 0.337 e. The summed E-state index contributed by atoms with van der Waals surface area (Å²) >= 11 is 0. The minimum atomic E-state index is -0.548. The van der Waals surface area contributed by atoms with Crippen molar-refractivity contribution in [3.8, 4) is 5.75 Å². The Morgan fingerprint density at radius 1 is 1.03 bits per heavy atom. The van der Waals surface area contributed by atoms with E-state index in [2.05, 4.69) is 33.0 Å². The number of aliphatic hydroxyl groups is 1. The molecule has 0 saturated heterocycles. The van der Waals surface area contributed by atoms with Crippen LogP contribution in [-0.2, 0) is 14.9 Å². The summed E-state index contributed by atoms with van der Waals surface area (Å²) in [5.74, 6) is 0.0878. The molecule has 2 atom stereocenters. The highest BCUT2D eigenvalue weighted by molar-refractivity contribution is 5.96. The zero-order valence-electron chi connectivity index (χ0n) is 22.9. The molecule has 1 amide bonds. The van der Waals surface area contributed by atoms with Crippen LogP contribution in [0.5, 0.6) is 5.75 Å². The van der Waals surface area contributed by atoms with Crippen LogP contribution in [0.25, 0.3) is 0 Å². The van der Waals surface area contributed by atoms with E-state index in [9.17, 15) is 14.7 Å². The third-order valence-corrected chi connectivity index (χ3v) is 6.58. The van der Waals surface area contributed by atoms with Crippen LogP contribution in [0.1, 0.15) is 112 Å². The monoisotopic (exact) mass is 497 g/mol. The molecule has 0 saturated carbocycles. The molecule has 0 aromatic heterocycles. The SMILES string of the molecule is CCCCCC(CC(=O)Nc1cc(C(=O)OC)ccc1C(C)(C)C)c1ccc(C(O)CC)cc1OC. The molecule has 0 heterocycles. The molecule has 2 aromatic carbocycles. The Balaban J connectivity index is 2.37. The predicted molar refractivity (Wildman–Crippen MR) is 145 cm³/mol. The largest absolute Gasteiger partial charge is 0.496 e. The third-order valence-electron chi connectivity index (χ3n) is 6.58. The number of esters is 1. The quantitative estimate of drug-likeness (QED) is 0.246. The lowest BCUT2D eigenvalue weighted by Gasteiger charge is -2.25. The van der Waals surface area contributed by atoms with Crippen LogP contribution < -0.4 is 10.1 Å². The Labute approximate surface area is 216 Å². The Morgan fingerprint density at radius 2 is 1.75 bits per heavy atom. The van der Waals surface area contributed by atoms with Gasteiger partial charge in [-0.1, -0.05) is 72.1 Å². The molecule has 0 bridgehead atoms. The molecule has 0 fully saturated rings.